The molecule has 1 aliphatic heterocycles. The van der Waals surface area contributed by atoms with Crippen LogP contribution in [0, 0.1) is 6.92 Å². The number of carbonyl (C=O) groups excluding carboxylic acids is 1. The minimum Gasteiger partial charge on any atom is -0.483 e. The molecule has 1 heterocycles. The highest BCUT2D eigenvalue weighted by Crippen LogP contribution is 2.20. The highest BCUT2D eigenvalue weighted by Gasteiger charge is 2.29. The number of rotatable bonds is 5. The number of carboxylic acid groups (broad SMARTS) is 1. The van der Waals surface area contributed by atoms with Gasteiger partial charge in [0.1, 0.15) is 11.3 Å². The van der Waals surface area contributed by atoms with Crippen molar-refractivity contribution in [3.63, 3.8) is 0 Å². The van der Waals surface area contributed by atoms with Crippen LogP contribution in [0.15, 0.2) is 18.2 Å². The van der Waals surface area contributed by atoms with Gasteiger partial charge in [0, 0.05) is 6.04 Å². The van der Waals surface area contributed by atoms with Gasteiger partial charge >= 0.3 is 5.97 Å². The number of benzene rings is 1. The van der Waals surface area contributed by atoms with Crippen molar-refractivity contribution in [1.82, 2.24) is 5.32 Å². The second kappa shape index (κ2) is 6.35. The smallest absolute Gasteiger partial charge is 0.339 e. The lowest BCUT2D eigenvalue weighted by Crippen LogP contribution is -2.38. The molecule has 0 spiro atoms. The summed E-state index contributed by atoms with van der Waals surface area (Å²) in [6.07, 6.45) is 0.388. The molecule has 0 aliphatic carbocycles. The van der Waals surface area contributed by atoms with Gasteiger partial charge in [0.05, 0.1) is 11.5 Å². The predicted octanol–water partition coefficient (Wildman–Crippen LogP) is 0.375. The van der Waals surface area contributed by atoms with E-state index in [0.29, 0.717) is 6.42 Å². The molecule has 2 N–H and O–H groups in total. The van der Waals surface area contributed by atoms with E-state index in [9.17, 15) is 18.0 Å². The summed E-state index contributed by atoms with van der Waals surface area (Å²) in [5.74, 6) is -1.50. The van der Waals surface area contributed by atoms with Gasteiger partial charge in [-0.1, -0.05) is 11.6 Å². The zero-order chi connectivity index (χ0) is 16.3. The summed E-state index contributed by atoms with van der Waals surface area (Å²) in [5.41, 5.74) is 0.751. The molecule has 1 unspecified atom stereocenters. The van der Waals surface area contributed by atoms with Crippen LogP contribution in [0.2, 0.25) is 0 Å². The third-order valence-electron chi connectivity index (χ3n) is 3.32. The summed E-state index contributed by atoms with van der Waals surface area (Å²) in [6, 6.07) is 4.23. The van der Waals surface area contributed by atoms with Crippen molar-refractivity contribution in [2.45, 2.75) is 19.4 Å². The van der Waals surface area contributed by atoms with E-state index in [4.69, 9.17) is 9.84 Å². The van der Waals surface area contributed by atoms with Crippen molar-refractivity contribution in [2.24, 2.45) is 0 Å². The standard InChI is InChI=1S/C14H17NO6S/c1-9-2-3-12(11(6-9)14(17)18)21-7-13(16)15-10-4-5-22(19,20)8-10/h2-3,6,10H,4-5,7-8H2,1H3,(H,15,16)(H,17,18). The maximum Gasteiger partial charge on any atom is 0.339 e. The van der Waals surface area contributed by atoms with Gasteiger partial charge in [-0.25, -0.2) is 13.2 Å². The average molecular weight is 327 g/mol. The number of hydrogen-bond donors (Lipinski definition) is 2. The number of sulfone groups is 1. The van der Waals surface area contributed by atoms with E-state index in [1.54, 1.807) is 13.0 Å². The fourth-order valence-corrected chi connectivity index (χ4v) is 3.93. The third-order valence-corrected chi connectivity index (χ3v) is 5.09. The van der Waals surface area contributed by atoms with Crippen LogP contribution < -0.4 is 10.1 Å². The summed E-state index contributed by atoms with van der Waals surface area (Å²) < 4.78 is 27.8. The minimum absolute atomic E-state index is 0.0174. The van der Waals surface area contributed by atoms with Crippen LogP contribution in [0.4, 0.5) is 0 Å². The van der Waals surface area contributed by atoms with Crippen molar-refractivity contribution in [1.29, 1.82) is 0 Å². The van der Waals surface area contributed by atoms with Gasteiger partial charge in [-0.3, -0.25) is 4.79 Å². The largest absolute Gasteiger partial charge is 0.483 e. The summed E-state index contributed by atoms with van der Waals surface area (Å²) in [7, 11) is -3.06. The first-order chi connectivity index (χ1) is 10.3. The molecule has 1 amide bonds. The number of ether oxygens (including phenoxy) is 1. The zero-order valence-electron chi connectivity index (χ0n) is 12.0. The molecule has 1 fully saturated rings. The second-order valence-corrected chi connectivity index (χ2v) is 7.49. The Kier molecular flexibility index (Phi) is 4.70. The summed E-state index contributed by atoms with van der Waals surface area (Å²) >= 11 is 0. The average Bonchev–Trinajstić information content (AvgIpc) is 2.76. The molecule has 0 saturated carbocycles. The monoisotopic (exact) mass is 327 g/mol. The van der Waals surface area contributed by atoms with E-state index < -0.39 is 27.8 Å². The number of carbonyl (C=O) groups is 2. The van der Waals surface area contributed by atoms with E-state index in [0.717, 1.165) is 5.56 Å². The maximum absolute atomic E-state index is 11.8. The highest BCUT2D eigenvalue weighted by atomic mass is 32.2. The number of aryl methyl sites for hydroxylation is 1. The third kappa shape index (κ3) is 4.20. The van der Waals surface area contributed by atoms with Crippen molar-refractivity contribution < 1.29 is 27.9 Å². The summed E-state index contributed by atoms with van der Waals surface area (Å²) in [6.45, 7) is 1.39. The first-order valence-corrected chi connectivity index (χ1v) is 8.55. The normalized spacial score (nSPS) is 19.6. The number of carboxylic acids is 1. The molecular formula is C14H17NO6S. The quantitative estimate of drug-likeness (QED) is 0.809. The van der Waals surface area contributed by atoms with Crippen LogP contribution >= 0.6 is 0 Å². The van der Waals surface area contributed by atoms with Crippen LogP contribution in [0.3, 0.4) is 0 Å². The molecule has 2 rings (SSSR count). The Balaban J connectivity index is 1.93. The van der Waals surface area contributed by atoms with E-state index in [-0.39, 0.29) is 29.4 Å². The van der Waals surface area contributed by atoms with Crippen LogP contribution in [-0.4, -0.2) is 49.6 Å². The van der Waals surface area contributed by atoms with Crippen molar-refractivity contribution >= 4 is 21.7 Å². The predicted molar refractivity (Wildman–Crippen MR) is 78.8 cm³/mol. The molecule has 0 radical (unpaired) electrons. The molecule has 0 aromatic heterocycles. The van der Waals surface area contributed by atoms with Gasteiger partial charge in [-0.2, -0.15) is 0 Å². The van der Waals surface area contributed by atoms with Gasteiger partial charge in [0.25, 0.3) is 5.91 Å². The molecule has 1 aliphatic rings. The molecule has 1 saturated heterocycles. The van der Waals surface area contributed by atoms with Gasteiger partial charge < -0.3 is 15.2 Å². The zero-order valence-corrected chi connectivity index (χ0v) is 12.9. The van der Waals surface area contributed by atoms with E-state index in [2.05, 4.69) is 5.32 Å². The van der Waals surface area contributed by atoms with Crippen molar-refractivity contribution in [3.8, 4) is 5.75 Å². The molecule has 1 aromatic rings. The van der Waals surface area contributed by atoms with Crippen LogP contribution in [0.25, 0.3) is 0 Å². The topological polar surface area (TPSA) is 110 Å². The molecular weight excluding hydrogens is 310 g/mol. The number of hydrogen-bond acceptors (Lipinski definition) is 5. The molecule has 120 valence electrons. The molecule has 0 bridgehead atoms. The number of amides is 1. The highest BCUT2D eigenvalue weighted by molar-refractivity contribution is 7.91. The SMILES string of the molecule is Cc1ccc(OCC(=O)NC2CCS(=O)(=O)C2)c(C(=O)O)c1. The van der Waals surface area contributed by atoms with Gasteiger partial charge in [-0.05, 0) is 25.5 Å². The number of aromatic carboxylic acids is 1. The van der Waals surface area contributed by atoms with Crippen molar-refractivity contribution in [2.75, 3.05) is 18.1 Å². The lowest BCUT2D eigenvalue weighted by Gasteiger charge is -2.13. The van der Waals surface area contributed by atoms with Crippen LogP contribution in [0.5, 0.6) is 5.75 Å². The van der Waals surface area contributed by atoms with Gasteiger partial charge in [0.2, 0.25) is 0 Å². The van der Waals surface area contributed by atoms with Gasteiger partial charge in [0.15, 0.2) is 16.4 Å². The molecule has 1 atom stereocenters. The van der Waals surface area contributed by atoms with Gasteiger partial charge in [-0.15, -0.1) is 0 Å². The van der Waals surface area contributed by atoms with Crippen LogP contribution in [-0.2, 0) is 14.6 Å². The minimum atomic E-state index is -3.06. The Morgan fingerprint density at radius 1 is 1.41 bits per heavy atom. The first-order valence-electron chi connectivity index (χ1n) is 6.73. The lowest BCUT2D eigenvalue weighted by molar-refractivity contribution is -0.123. The Hall–Kier alpha value is -2.09. The second-order valence-electron chi connectivity index (χ2n) is 5.26. The van der Waals surface area contributed by atoms with Crippen LogP contribution in [0.1, 0.15) is 22.3 Å². The lowest BCUT2D eigenvalue weighted by atomic mass is 10.1. The maximum atomic E-state index is 11.8. The van der Waals surface area contributed by atoms with E-state index in [1.807, 2.05) is 0 Å². The summed E-state index contributed by atoms with van der Waals surface area (Å²) in [5, 5.41) is 11.7. The molecule has 1 aromatic carbocycles. The fourth-order valence-electron chi connectivity index (χ4n) is 2.26. The molecule has 7 nitrogen and oxygen atoms in total. The van der Waals surface area contributed by atoms with E-state index >= 15 is 0 Å². The Morgan fingerprint density at radius 3 is 2.73 bits per heavy atom. The fraction of sp³-hybridized carbons (Fsp3) is 0.429. The molecule has 8 heteroatoms. The first kappa shape index (κ1) is 16.3. The summed E-state index contributed by atoms with van der Waals surface area (Å²) in [4.78, 5) is 22.9. The Labute approximate surface area is 128 Å². The number of nitrogens with one attached hydrogen (secondary N) is 1. The molecule has 22 heavy (non-hydrogen) atoms. The van der Waals surface area contributed by atoms with Crippen molar-refractivity contribution in [3.05, 3.63) is 29.3 Å². The van der Waals surface area contributed by atoms with E-state index in [1.165, 1.54) is 12.1 Å². The Morgan fingerprint density at radius 2 is 2.14 bits per heavy atom. The Bertz CT molecular complexity index is 697.